The number of aromatic nitrogens is 3. The Morgan fingerprint density at radius 3 is 3.21 bits per heavy atom. The molecule has 0 N–H and O–H groups in total. The topological polar surface area (TPSA) is 38.9 Å². The minimum Gasteiger partial charge on any atom is -0.475 e. The van der Waals surface area contributed by atoms with Crippen LogP contribution in [0.25, 0.3) is 11.3 Å². The van der Waals surface area contributed by atoms with E-state index in [2.05, 4.69) is 8.75 Å². The van der Waals surface area contributed by atoms with Gasteiger partial charge in [-0.1, -0.05) is 26.0 Å². The fourth-order valence-electron chi connectivity index (χ4n) is 1.31. The van der Waals surface area contributed by atoms with Crippen molar-refractivity contribution in [3.63, 3.8) is 0 Å². The molecule has 0 radical (unpaired) electrons. The first-order valence-electron chi connectivity index (χ1n) is 11.7. The maximum absolute atomic E-state index is 8.04. The highest BCUT2D eigenvalue weighted by Crippen LogP contribution is 2.26. The van der Waals surface area contributed by atoms with E-state index in [1.165, 1.54) is 0 Å². The summed E-state index contributed by atoms with van der Waals surface area (Å²) in [5, 5.41) is 0. The molecule has 0 amide bonds. The van der Waals surface area contributed by atoms with Gasteiger partial charge in [-0.05, 0) is 12.4 Å². The smallest absolute Gasteiger partial charge is 0.254 e. The predicted octanol–water partition coefficient (Wildman–Crippen LogP) is 2.99. The SMILES string of the molecule is [2H]C([2H])([2H])C([2H])([2H])C([2H])([2H])C([2H])([2H])C([2H])([2H])C([2H])([2H])Oc1nsnc1-c1ccc[n+](C)c1. The van der Waals surface area contributed by atoms with Crippen LogP contribution in [0.5, 0.6) is 5.88 Å². The van der Waals surface area contributed by atoms with Gasteiger partial charge in [0.15, 0.2) is 18.1 Å². The van der Waals surface area contributed by atoms with Crippen molar-refractivity contribution in [1.29, 1.82) is 0 Å². The van der Waals surface area contributed by atoms with Crippen molar-refractivity contribution in [1.82, 2.24) is 8.75 Å². The molecule has 2 aromatic rings. The Bertz CT molecular complexity index is 973. The standard InChI is InChI=1S/C14H20N3OS/c1-3-4-5-6-10-18-14-13(15-19-16-14)12-8-7-9-17(2)11-12/h7-9,11H,3-6,10H2,1-2H3/q+1/i1D3,3D2,4D2,5D2,6D2,10D2. The molecule has 0 saturated carbocycles. The average Bonchev–Trinajstić information content (AvgIpc) is 3.07. The number of hydrogen-bond donors (Lipinski definition) is 0. The van der Waals surface area contributed by atoms with Crippen molar-refractivity contribution < 1.29 is 27.1 Å². The van der Waals surface area contributed by atoms with Crippen molar-refractivity contribution in [2.24, 2.45) is 7.05 Å². The van der Waals surface area contributed by atoms with Gasteiger partial charge in [0.2, 0.25) is 0 Å². The number of rotatable bonds is 7. The Morgan fingerprint density at radius 1 is 1.42 bits per heavy atom. The van der Waals surface area contributed by atoms with Crippen LogP contribution in [-0.2, 0) is 7.05 Å². The number of hydrogen-bond acceptors (Lipinski definition) is 4. The van der Waals surface area contributed by atoms with Crippen molar-refractivity contribution in [2.75, 3.05) is 6.56 Å². The van der Waals surface area contributed by atoms with Gasteiger partial charge in [0.05, 0.1) is 26.6 Å². The molecule has 2 heterocycles. The molecule has 0 aliphatic heterocycles. The maximum Gasteiger partial charge on any atom is 0.254 e. The minimum atomic E-state index is -4.01. The van der Waals surface area contributed by atoms with E-state index in [0.717, 1.165) is 0 Å². The van der Waals surface area contributed by atoms with E-state index < -0.39 is 44.8 Å². The van der Waals surface area contributed by atoms with Crippen LogP contribution >= 0.6 is 11.7 Å². The van der Waals surface area contributed by atoms with Gasteiger partial charge in [-0.2, -0.15) is 4.37 Å². The molecule has 5 heteroatoms. The van der Waals surface area contributed by atoms with E-state index in [1.807, 2.05) is 0 Å². The molecule has 102 valence electrons. The Kier molecular flexibility index (Phi) is 1.82. The molecular formula is C14H20N3OS+. The van der Waals surface area contributed by atoms with Gasteiger partial charge < -0.3 is 4.74 Å². The lowest BCUT2D eigenvalue weighted by molar-refractivity contribution is -0.671. The molecule has 2 rings (SSSR count). The Labute approximate surface area is 136 Å². The van der Waals surface area contributed by atoms with Gasteiger partial charge in [0, 0.05) is 21.1 Å². The van der Waals surface area contributed by atoms with Crippen LogP contribution in [-0.4, -0.2) is 15.3 Å². The van der Waals surface area contributed by atoms with Crippen molar-refractivity contribution in [3.05, 3.63) is 24.5 Å². The fourth-order valence-corrected chi connectivity index (χ4v) is 1.82. The van der Waals surface area contributed by atoms with Crippen LogP contribution in [0, 0.1) is 0 Å². The summed E-state index contributed by atoms with van der Waals surface area (Å²) in [6, 6.07) is 3.24. The number of aryl methyl sites for hydroxylation is 1. The molecule has 4 nitrogen and oxygen atoms in total. The van der Waals surface area contributed by atoms with E-state index in [-0.39, 0.29) is 5.69 Å². The second-order valence-corrected chi connectivity index (χ2v) is 3.91. The Hall–Kier alpha value is -1.49. The molecule has 0 bridgehead atoms. The third-order valence-electron chi connectivity index (χ3n) is 2.06. The van der Waals surface area contributed by atoms with Crippen LogP contribution in [0.3, 0.4) is 0 Å². The van der Waals surface area contributed by atoms with Crippen LogP contribution in [0.2, 0.25) is 0 Å². The average molecular weight is 291 g/mol. The summed E-state index contributed by atoms with van der Waals surface area (Å²) in [5.41, 5.74) is 0.444. The third kappa shape index (κ3) is 3.99. The van der Waals surface area contributed by atoms with Gasteiger partial charge >= 0.3 is 0 Å². The molecule has 0 spiro atoms. The molecule has 0 atom stereocenters. The van der Waals surface area contributed by atoms with Gasteiger partial charge in [-0.25, -0.2) is 4.57 Å². The Morgan fingerprint density at radius 2 is 2.37 bits per heavy atom. The largest absolute Gasteiger partial charge is 0.475 e. The second-order valence-electron chi connectivity index (χ2n) is 3.38. The van der Waals surface area contributed by atoms with Gasteiger partial charge in [-0.15, -0.1) is 4.37 Å². The van der Waals surface area contributed by atoms with E-state index >= 15 is 0 Å². The highest BCUT2D eigenvalue weighted by Gasteiger charge is 2.14. The lowest BCUT2D eigenvalue weighted by Crippen LogP contribution is -2.26. The maximum atomic E-state index is 8.04. The van der Waals surface area contributed by atoms with E-state index in [0.29, 0.717) is 17.3 Å². The zero-order chi connectivity index (χ0) is 25.0. The van der Waals surface area contributed by atoms with Crippen LogP contribution < -0.4 is 9.30 Å². The molecule has 0 saturated heterocycles. The predicted molar refractivity (Wildman–Crippen MR) is 76.2 cm³/mol. The zero-order valence-corrected chi connectivity index (χ0v) is 10.8. The number of nitrogens with zero attached hydrogens (tertiary/aromatic N) is 3. The van der Waals surface area contributed by atoms with Gasteiger partial charge in [0.25, 0.3) is 5.88 Å². The van der Waals surface area contributed by atoms with Gasteiger partial charge in [-0.3, -0.25) is 0 Å². The summed E-state index contributed by atoms with van der Waals surface area (Å²) >= 11 is 0.613. The molecule has 0 aliphatic rings. The summed E-state index contributed by atoms with van der Waals surface area (Å²) in [4.78, 5) is 0. The highest BCUT2D eigenvalue weighted by atomic mass is 32.1. The van der Waals surface area contributed by atoms with Gasteiger partial charge in [0.1, 0.15) is 7.05 Å². The highest BCUT2D eigenvalue weighted by molar-refractivity contribution is 6.99. The quantitative estimate of drug-likeness (QED) is 0.736. The molecule has 2 aromatic heterocycles. The van der Waals surface area contributed by atoms with Crippen molar-refractivity contribution >= 4 is 11.7 Å². The van der Waals surface area contributed by atoms with Crippen LogP contribution in [0.1, 0.15) is 50.2 Å². The molecule has 0 fully saturated rings. The molecule has 0 aromatic carbocycles. The summed E-state index contributed by atoms with van der Waals surface area (Å²) in [6.07, 6.45) is -12.5. The minimum absolute atomic E-state index is 0.0206. The first kappa shape index (κ1) is 4.81. The van der Waals surface area contributed by atoms with Crippen molar-refractivity contribution in [3.8, 4) is 17.1 Å². The number of pyridine rings is 1. The summed E-state index contributed by atoms with van der Waals surface area (Å²) in [7, 11) is 1.71. The lowest BCUT2D eigenvalue weighted by atomic mass is 10.2. The Balaban J connectivity index is 2.49. The zero-order valence-electron chi connectivity index (χ0n) is 23.0. The second kappa shape index (κ2) is 7.19. The van der Waals surface area contributed by atoms with Crippen LogP contribution in [0.4, 0.5) is 0 Å². The van der Waals surface area contributed by atoms with E-state index in [9.17, 15) is 0 Å². The fraction of sp³-hybridized carbons (Fsp3) is 0.500. The third-order valence-corrected chi connectivity index (χ3v) is 2.57. The summed E-state index contributed by atoms with van der Waals surface area (Å²) in [6.45, 7) is -7.28. The molecule has 0 aliphatic carbocycles. The normalized spacial score (nSPS) is 25.2. The first-order chi connectivity index (χ1) is 14.2. The van der Waals surface area contributed by atoms with Crippen molar-refractivity contribution in [2.45, 2.75) is 32.3 Å². The monoisotopic (exact) mass is 291 g/mol. The van der Waals surface area contributed by atoms with E-state index in [1.54, 1.807) is 36.1 Å². The summed E-state index contributed by atoms with van der Waals surface area (Å²) < 4.78 is 115. The molecular weight excluding hydrogens is 258 g/mol. The van der Waals surface area contributed by atoms with E-state index in [4.69, 9.17) is 22.6 Å². The summed E-state index contributed by atoms with van der Waals surface area (Å²) in [5.74, 6) is -0.495. The molecule has 19 heavy (non-hydrogen) atoms. The number of ether oxygens (including phenoxy) is 1. The lowest BCUT2D eigenvalue weighted by Gasteiger charge is -2.04. The molecule has 0 unspecified atom stereocenters. The first-order valence-corrected chi connectivity index (χ1v) is 5.91. The van der Waals surface area contributed by atoms with Crippen LogP contribution in [0.15, 0.2) is 24.5 Å².